The second kappa shape index (κ2) is 8.11. The fourth-order valence-electron chi connectivity index (χ4n) is 1.06. The molecule has 1 atom stereocenters. The minimum atomic E-state index is -0.695. The molecule has 0 heterocycles. The zero-order valence-electron chi connectivity index (χ0n) is 8.54. The molecular formula is C10H19ClO2. The van der Waals surface area contributed by atoms with Gasteiger partial charge in [0.15, 0.2) is 0 Å². The van der Waals surface area contributed by atoms with Crippen LogP contribution in [0.25, 0.3) is 0 Å². The van der Waals surface area contributed by atoms with E-state index in [1.54, 1.807) is 0 Å². The summed E-state index contributed by atoms with van der Waals surface area (Å²) in [4.78, 5) is 10.3. The van der Waals surface area contributed by atoms with E-state index < -0.39 is 5.97 Å². The van der Waals surface area contributed by atoms with Crippen molar-refractivity contribution in [1.82, 2.24) is 0 Å². The molecule has 0 spiro atoms. The van der Waals surface area contributed by atoms with Crippen molar-refractivity contribution in [2.45, 2.75) is 40.0 Å². The lowest BCUT2D eigenvalue weighted by Gasteiger charge is -2.05. The predicted octanol–water partition coefficient (Wildman–Crippen LogP) is 3.27. The Morgan fingerprint density at radius 3 is 2.38 bits per heavy atom. The maximum Gasteiger partial charge on any atom is 0.303 e. The summed E-state index contributed by atoms with van der Waals surface area (Å²) in [7, 11) is 0. The van der Waals surface area contributed by atoms with Crippen LogP contribution >= 0.6 is 12.4 Å². The molecule has 0 bridgehead atoms. The van der Waals surface area contributed by atoms with Crippen LogP contribution in [0.5, 0.6) is 0 Å². The molecule has 0 aliphatic heterocycles. The zero-order chi connectivity index (χ0) is 9.56. The molecule has 1 N–H and O–H groups in total. The van der Waals surface area contributed by atoms with Crippen LogP contribution in [-0.4, -0.2) is 11.1 Å². The summed E-state index contributed by atoms with van der Waals surface area (Å²) < 4.78 is 0. The van der Waals surface area contributed by atoms with Crippen LogP contribution in [0.1, 0.15) is 40.0 Å². The Morgan fingerprint density at radius 1 is 1.46 bits per heavy atom. The molecule has 0 aliphatic carbocycles. The number of hydrogen-bond acceptors (Lipinski definition) is 1. The zero-order valence-corrected chi connectivity index (χ0v) is 9.36. The molecule has 0 rings (SSSR count). The van der Waals surface area contributed by atoms with Gasteiger partial charge in [0.05, 0.1) is 0 Å². The van der Waals surface area contributed by atoms with E-state index in [1.165, 1.54) is 5.57 Å². The van der Waals surface area contributed by atoms with Gasteiger partial charge in [-0.3, -0.25) is 4.79 Å². The van der Waals surface area contributed by atoms with Gasteiger partial charge in [0.2, 0.25) is 0 Å². The quantitative estimate of drug-likeness (QED) is 0.702. The van der Waals surface area contributed by atoms with Crippen molar-refractivity contribution in [3.05, 3.63) is 11.6 Å². The third-order valence-corrected chi connectivity index (χ3v) is 1.74. The molecular weight excluding hydrogens is 188 g/mol. The van der Waals surface area contributed by atoms with Crippen molar-refractivity contribution in [3.63, 3.8) is 0 Å². The van der Waals surface area contributed by atoms with E-state index in [0.717, 1.165) is 12.8 Å². The van der Waals surface area contributed by atoms with Gasteiger partial charge in [-0.2, -0.15) is 0 Å². The molecule has 0 radical (unpaired) electrons. The van der Waals surface area contributed by atoms with Gasteiger partial charge in [0, 0.05) is 6.42 Å². The van der Waals surface area contributed by atoms with Crippen molar-refractivity contribution in [3.8, 4) is 0 Å². The minimum Gasteiger partial charge on any atom is -0.481 e. The highest BCUT2D eigenvalue weighted by Gasteiger charge is 2.05. The Bertz CT molecular complexity index is 172. The topological polar surface area (TPSA) is 37.3 Å². The summed E-state index contributed by atoms with van der Waals surface area (Å²) in [5, 5.41) is 8.48. The smallest absolute Gasteiger partial charge is 0.303 e. The van der Waals surface area contributed by atoms with Crippen LogP contribution in [0.4, 0.5) is 0 Å². The van der Waals surface area contributed by atoms with Crippen LogP contribution in [0.15, 0.2) is 11.6 Å². The van der Waals surface area contributed by atoms with E-state index in [1.807, 2.05) is 6.92 Å². The van der Waals surface area contributed by atoms with Gasteiger partial charge < -0.3 is 5.11 Å². The Kier molecular flexibility index (Phi) is 9.36. The van der Waals surface area contributed by atoms with Gasteiger partial charge in [-0.25, -0.2) is 0 Å². The third kappa shape index (κ3) is 11.5. The number of hydrogen-bond donors (Lipinski definition) is 1. The Morgan fingerprint density at radius 2 is 2.00 bits per heavy atom. The molecule has 0 fully saturated rings. The van der Waals surface area contributed by atoms with Crippen molar-refractivity contribution in [2.75, 3.05) is 0 Å². The number of carboxylic acids is 1. The summed E-state index contributed by atoms with van der Waals surface area (Å²) in [6, 6.07) is 0. The van der Waals surface area contributed by atoms with Gasteiger partial charge in [0.1, 0.15) is 0 Å². The summed E-state index contributed by atoms with van der Waals surface area (Å²) in [6.45, 7) is 6.09. The first kappa shape index (κ1) is 15.0. The van der Waals surface area contributed by atoms with Crippen molar-refractivity contribution in [2.24, 2.45) is 5.92 Å². The first-order valence-electron chi connectivity index (χ1n) is 4.37. The van der Waals surface area contributed by atoms with Crippen LogP contribution in [0.2, 0.25) is 0 Å². The van der Waals surface area contributed by atoms with E-state index in [4.69, 9.17) is 5.11 Å². The third-order valence-electron chi connectivity index (χ3n) is 1.74. The number of rotatable bonds is 5. The molecule has 2 nitrogen and oxygen atoms in total. The standard InChI is InChI=1S/C10H18O2.ClH/c1-8(2)5-4-6-9(3)7-10(11)12;/h5,9H,4,6-7H2,1-3H3,(H,11,12);1H. The molecule has 78 valence electrons. The SMILES string of the molecule is CC(C)=CCCC(C)CC(=O)O.Cl. The maximum atomic E-state index is 10.3. The highest BCUT2D eigenvalue weighted by molar-refractivity contribution is 5.85. The van der Waals surface area contributed by atoms with Crippen LogP contribution in [0, 0.1) is 5.92 Å². The fraction of sp³-hybridized carbons (Fsp3) is 0.700. The normalized spacial score (nSPS) is 11.3. The number of allylic oxidation sites excluding steroid dienone is 2. The molecule has 1 unspecified atom stereocenters. The number of carbonyl (C=O) groups is 1. The fourth-order valence-corrected chi connectivity index (χ4v) is 1.06. The van der Waals surface area contributed by atoms with Crippen molar-refractivity contribution < 1.29 is 9.90 Å². The molecule has 0 aliphatic rings. The molecule has 3 heteroatoms. The second-order valence-electron chi connectivity index (χ2n) is 3.56. The summed E-state index contributed by atoms with van der Waals surface area (Å²) in [6.07, 6.45) is 4.41. The molecule has 0 amide bonds. The number of carboxylic acid groups (broad SMARTS) is 1. The Hall–Kier alpha value is -0.500. The summed E-state index contributed by atoms with van der Waals surface area (Å²) >= 11 is 0. The van der Waals surface area contributed by atoms with Crippen molar-refractivity contribution in [1.29, 1.82) is 0 Å². The van der Waals surface area contributed by atoms with Crippen LogP contribution in [-0.2, 0) is 4.79 Å². The van der Waals surface area contributed by atoms with Gasteiger partial charge in [0.25, 0.3) is 0 Å². The Balaban J connectivity index is 0. The van der Waals surface area contributed by atoms with Crippen LogP contribution in [0.3, 0.4) is 0 Å². The summed E-state index contributed by atoms with van der Waals surface area (Å²) in [5.74, 6) is -0.405. The molecule has 0 aromatic rings. The summed E-state index contributed by atoms with van der Waals surface area (Å²) in [5.41, 5.74) is 1.30. The predicted molar refractivity (Wildman–Crippen MR) is 57.3 cm³/mol. The highest BCUT2D eigenvalue weighted by Crippen LogP contribution is 2.11. The molecule has 0 saturated heterocycles. The first-order chi connectivity index (χ1) is 5.52. The van der Waals surface area contributed by atoms with E-state index in [0.29, 0.717) is 0 Å². The average Bonchev–Trinajstić information content (AvgIpc) is 1.84. The van der Waals surface area contributed by atoms with E-state index >= 15 is 0 Å². The van der Waals surface area contributed by atoms with Crippen LogP contribution < -0.4 is 0 Å². The largest absolute Gasteiger partial charge is 0.481 e. The lowest BCUT2D eigenvalue weighted by atomic mass is 10.0. The average molecular weight is 207 g/mol. The highest BCUT2D eigenvalue weighted by atomic mass is 35.5. The van der Waals surface area contributed by atoms with E-state index in [2.05, 4.69) is 19.9 Å². The first-order valence-corrected chi connectivity index (χ1v) is 4.37. The maximum absolute atomic E-state index is 10.3. The van der Waals surface area contributed by atoms with E-state index in [9.17, 15) is 4.79 Å². The number of aliphatic carboxylic acids is 1. The molecule has 0 aromatic carbocycles. The van der Waals surface area contributed by atoms with E-state index in [-0.39, 0.29) is 24.7 Å². The van der Waals surface area contributed by atoms with Gasteiger partial charge >= 0.3 is 5.97 Å². The lowest BCUT2D eigenvalue weighted by Crippen LogP contribution is -2.03. The minimum absolute atomic E-state index is 0. The van der Waals surface area contributed by atoms with Gasteiger partial charge in [-0.15, -0.1) is 12.4 Å². The number of halogens is 1. The monoisotopic (exact) mass is 206 g/mol. The molecule has 13 heavy (non-hydrogen) atoms. The lowest BCUT2D eigenvalue weighted by molar-refractivity contribution is -0.138. The van der Waals surface area contributed by atoms with Crippen molar-refractivity contribution >= 4 is 18.4 Å². The Labute approximate surface area is 86.4 Å². The molecule has 0 saturated carbocycles. The second-order valence-corrected chi connectivity index (χ2v) is 3.56. The van der Waals surface area contributed by atoms with Gasteiger partial charge in [-0.05, 0) is 32.6 Å². The van der Waals surface area contributed by atoms with Gasteiger partial charge in [-0.1, -0.05) is 18.6 Å². The molecule has 0 aromatic heterocycles.